The highest BCUT2D eigenvalue weighted by molar-refractivity contribution is 7.99. The van der Waals surface area contributed by atoms with Gasteiger partial charge in [0, 0.05) is 21.5 Å². The van der Waals surface area contributed by atoms with E-state index < -0.39 is 11.8 Å². The van der Waals surface area contributed by atoms with E-state index in [4.69, 9.17) is 25.8 Å². The van der Waals surface area contributed by atoms with Crippen LogP contribution in [0.15, 0.2) is 76.7 Å². The summed E-state index contributed by atoms with van der Waals surface area (Å²) in [7, 11) is 1.56. The number of imidazole rings is 1. The molecule has 0 bridgehead atoms. The molecular weight excluding hydrogens is 504 g/mol. The number of carboxylic acid groups (broad SMARTS) is 1. The smallest absolute Gasteiger partial charge is 0.355 e. The van der Waals surface area contributed by atoms with Gasteiger partial charge in [-0.2, -0.15) is 0 Å². The molecule has 182 valence electrons. The maximum Gasteiger partial charge on any atom is 0.355 e. The van der Waals surface area contributed by atoms with Crippen LogP contribution in [0.5, 0.6) is 17.2 Å². The Labute approximate surface area is 215 Å². The van der Waals surface area contributed by atoms with Crippen molar-refractivity contribution in [3.63, 3.8) is 0 Å². The number of methoxy groups -OCH3 is 1. The number of aromatic carboxylic acids is 1. The molecule has 0 saturated heterocycles. The van der Waals surface area contributed by atoms with E-state index in [0.717, 1.165) is 16.7 Å². The average molecular weight is 523 g/mol. The number of ketones is 1. The van der Waals surface area contributed by atoms with Crippen LogP contribution in [0, 0.1) is 0 Å². The summed E-state index contributed by atoms with van der Waals surface area (Å²) in [5, 5.41) is 10.7. The molecule has 0 spiro atoms. The van der Waals surface area contributed by atoms with Gasteiger partial charge in [-0.15, -0.1) is 0 Å². The van der Waals surface area contributed by atoms with Crippen molar-refractivity contribution < 1.29 is 28.9 Å². The van der Waals surface area contributed by atoms with E-state index in [1.54, 1.807) is 73.8 Å². The fraction of sp³-hybridized carbons (Fsp3) is 0.115. The minimum absolute atomic E-state index is 0.0108. The van der Waals surface area contributed by atoms with Crippen molar-refractivity contribution in [1.29, 1.82) is 0 Å². The lowest BCUT2D eigenvalue weighted by molar-refractivity contribution is 0.0681. The fourth-order valence-electron chi connectivity index (χ4n) is 3.76. The molecule has 4 aromatic rings. The van der Waals surface area contributed by atoms with Crippen LogP contribution in [0.4, 0.5) is 0 Å². The Kier molecular flexibility index (Phi) is 6.58. The summed E-state index contributed by atoms with van der Waals surface area (Å²) in [5.41, 5.74) is 0.825. The molecule has 10 heteroatoms. The Bertz CT molecular complexity index is 1450. The lowest BCUT2D eigenvalue weighted by Gasteiger charge is -2.12. The fourth-order valence-corrected chi connectivity index (χ4v) is 4.90. The molecule has 0 aliphatic carbocycles. The molecule has 0 radical (unpaired) electrons. The van der Waals surface area contributed by atoms with Crippen LogP contribution in [0.3, 0.4) is 0 Å². The van der Waals surface area contributed by atoms with E-state index in [9.17, 15) is 14.7 Å². The normalized spacial score (nSPS) is 11.9. The first-order chi connectivity index (χ1) is 17.4. The Morgan fingerprint density at radius 2 is 1.78 bits per heavy atom. The molecule has 0 amide bonds. The van der Waals surface area contributed by atoms with Crippen LogP contribution in [-0.4, -0.2) is 40.3 Å². The van der Waals surface area contributed by atoms with Gasteiger partial charge in [0.25, 0.3) is 0 Å². The predicted molar refractivity (Wildman–Crippen MR) is 133 cm³/mol. The lowest BCUT2D eigenvalue weighted by atomic mass is 10.1. The molecule has 2 heterocycles. The number of aromatic nitrogens is 2. The number of hydrogen-bond donors (Lipinski definition) is 1. The Morgan fingerprint density at radius 3 is 2.44 bits per heavy atom. The van der Waals surface area contributed by atoms with Crippen LogP contribution in [0.1, 0.15) is 32.2 Å². The molecular formula is C26H19ClN2O6S. The van der Waals surface area contributed by atoms with Gasteiger partial charge in [0.1, 0.15) is 10.8 Å². The summed E-state index contributed by atoms with van der Waals surface area (Å²) in [6, 6.07) is 19.0. The summed E-state index contributed by atoms with van der Waals surface area (Å²) >= 11 is 7.63. The maximum absolute atomic E-state index is 13.5. The van der Waals surface area contributed by atoms with Crippen LogP contribution in [-0.2, 0) is 6.54 Å². The summed E-state index contributed by atoms with van der Waals surface area (Å²) < 4.78 is 17.4. The van der Waals surface area contributed by atoms with E-state index in [-0.39, 0.29) is 29.9 Å². The maximum atomic E-state index is 13.5. The number of benzene rings is 3. The van der Waals surface area contributed by atoms with Crippen molar-refractivity contribution in [2.45, 2.75) is 16.5 Å². The molecule has 0 unspecified atom stereocenters. The van der Waals surface area contributed by atoms with Gasteiger partial charge < -0.3 is 23.9 Å². The number of hydrogen-bond acceptors (Lipinski definition) is 7. The van der Waals surface area contributed by atoms with Crippen molar-refractivity contribution in [3.8, 4) is 17.2 Å². The topological polar surface area (TPSA) is 99.9 Å². The van der Waals surface area contributed by atoms with Gasteiger partial charge in [0.2, 0.25) is 12.6 Å². The highest BCUT2D eigenvalue weighted by atomic mass is 35.5. The zero-order valence-corrected chi connectivity index (χ0v) is 20.5. The predicted octanol–water partition coefficient (Wildman–Crippen LogP) is 5.40. The van der Waals surface area contributed by atoms with Gasteiger partial charge >= 0.3 is 5.97 Å². The van der Waals surface area contributed by atoms with Crippen molar-refractivity contribution in [1.82, 2.24) is 9.55 Å². The molecule has 1 aromatic heterocycles. The highest BCUT2D eigenvalue weighted by Crippen LogP contribution is 2.38. The van der Waals surface area contributed by atoms with Crippen LogP contribution in [0.25, 0.3) is 0 Å². The van der Waals surface area contributed by atoms with E-state index in [1.807, 2.05) is 0 Å². The average Bonchev–Trinajstić information content (AvgIpc) is 3.48. The van der Waals surface area contributed by atoms with Gasteiger partial charge in [-0.3, -0.25) is 4.79 Å². The largest absolute Gasteiger partial charge is 0.497 e. The zero-order valence-electron chi connectivity index (χ0n) is 18.9. The Balaban J connectivity index is 1.62. The molecule has 0 fully saturated rings. The number of halogens is 1. The van der Waals surface area contributed by atoms with Crippen LogP contribution >= 0.6 is 23.4 Å². The lowest BCUT2D eigenvalue weighted by Crippen LogP contribution is -2.17. The third-order valence-corrected chi connectivity index (χ3v) is 6.86. The number of ether oxygens (including phenoxy) is 3. The molecule has 8 nitrogen and oxygen atoms in total. The zero-order chi connectivity index (χ0) is 25.2. The first-order valence-electron chi connectivity index (χ1n) is 10.8. The second-order valence-electron chi connectivity index (χ2n) is 7.75. The van der Waals surface area contributed by atoms with Crippen LogP contribution in [0.2, 0.25) is 5.02 Å². The number of nitrogens with zero attached hydrogens (tertiary/aromatic N) is 2. The molecule has 0 atom stereocenters. The van der Waals surface area contributed by atoms with E-state index in [1.165, 1.54) is 4.57 Å². The second-order valence-corrected chi connectivity index (χ2v) is 9.22. The Hall–Kier alpha value is -3.95. The van der Waals surface area contributed by atoms with E-state index in [0.29, 0.717) is 33.4 Å². The molecule has 5 rings (SSSR count). The van der Waals surface area contributed by atoms with Crippen molar-refractivity contribution in [2.75, 3.05) is 13.9 Å². The third kappa shape index (κ3) is 4.62. The van der Waals surface area contributed by atoms with Gasteiger partial charge in [-0.1, -0.05) is 53.7 Å². The van der Waals surface area contributed by atoms with E-state index in [2.05, 4.69) is 4.98 Å². The van der Waals surface area contributed by atoms with Crippen molar-refractivity contribution in [3.05, 3.63) is 94.4 Å². The molecule has 1 aliphatic heterocycles. The molecule has 1 aliphatic rings. The number of carboxylic acids is 1. The quantitative estimate of drug-likeness (QED) is 0.307. The summed E-state index contributed by atoms with van der Waals surface area (Å²) in [6.07, 6.45) is 0. The molecule has 3 aromatic carbocycles. The monoisotopic (exact) mass is 522 g/mol. The highest BCUT2D eigenvalue weighted by Gasteiger charge is 2.29. The molecule has 1 N–H and O–H groups in total. The van der Waals surface area contributed by atoms with Gasteiger partial charge in [0.05, 0.1) is 13.7 Å². The number of carbonyl (C=O) groups excluding carboxylic acids is 1. The standard InChI is InChI=1S/C26H19ClN2O6S/c1-33-17-7-9-18(10-8-17)36-25-22(26(31)32)29(24(28-25)23(30)15-5-3-2-4-6-15)13-16-11-20-21(12-19(16)27)35-14-34-20/h2-12H,13-14H2,1H3,(H,31,32). The van der Waals surface area contributed by atoms with Gasteiger partial charge in [-0.05, 0) is 35.9 Å². The minimum atomic E-state index is -1.22. The summed E-state index contributed by atoms with van der Waals surface area (Å²) in [4.78, 5) is 31.2. The summed E-state index contributed by atoms with van der Waals surface area (Å²) in [6.45, 7) is 0.0577. The number of rotatable bonds is 8. The first-order valence-corrected chi connectivity index (χ1v) is 12.0. The number of carbonyl (C=O) groups is 2. The summed E-state index contributed by atoms with van der Waals surface area (Å²) in [5.74, 6) is 0.0300. The second kappa shape index (κ2) is 9.96. The third-order valence-electron chi connectivity index (χ3n) is 5.52. The Morgan fingerprint density at radius 1 is 1.08 bits per heavy atom. The van der Waals surface area contributed by atoms with E-state index >= 15 is 0 Å². The minimum Gasteiger partial charge on any atom is -0.497 e. The van der Waals surface area contributed by atoms with Crippen LogP contribution < -0.4 is 14.2 Å². The first kappa shape index (κ1) is 23.8. The number of fused-ring (bicyclic) bond motifs is 1. The van der Waals surface area contributed by atoms with Crippen molar-refractivity contribution >= 4 is 35.1 Å². The SMILES string of the molecule is COc1ccc(Sc2nc(C(=O)c3ccccc3)n(Cc3cc4c(cc3Cl)OCO4)c2C(=O)O)cc1. The van der Waals surface area contributed by atoms with Crippen molar-refractivity contribution in [2.24, 2.45) is 0 Å². The van der Waals surface area contributed by atoms with Gasteiger partial charge in [0.15, 0.2) is 23.0 Å². The molecule has 36 heavy (non-hydrogen) atoms. The molecule has 0 saturated carbocycles. The van der Waals surface area contributed by atoms with Gasteiger partial charge in [-0.25, -0.2) is 9.78 Å².